The second-order valence-electron chi connectivity index (χ2n) is 3.79. The molecule has 0 aromatic heterocycles. The van der Waals surface area contributed by atoms with Crippen LogP contribution in [0.25, 0.3) is 0 Å². The molecule has 1 rings (SSSR count). The van der Waals surface area contributed by atoms with Gasteiger partial charge in [-0.2, -0.15) is 0 Å². The van der Waals surface area contributed by atoms with Crippen LogP contribution in [0.15, 0.2) is 0 Å². The predicted molar refractivity (Wildman–Crippen MR) is 62.3 cm³/mol. The monoisotopic (exact) mass is 216 g/mol. The lowest BCUT2D eigenvalue weighted by Crippen LogP contribution is -2.44. The Morgan fingerprint density at radius 2 is 2.07 bits per heavy atom. The van der Waals surface area contributed by atoms with Crippen molar-refractivity contribution in [2.75, 3.05) is 27.2 Å². The average molecular weight is 216 g/mol. The first kappa shape index (κ1) is 14.2. The van der Waals surface area contributed by atoms with E-state index < -0.39 is 6.09 Å². The van der Waals surface area contributed by atoms with Crippen LogP contribution in [0, 0.1) is 0 Å². The van der Waals surface area contributed by atoms with Gasteiger partial charge in [-0.05, 0) is 26.4 Å². The van der Waals surface area contributed by atoms with Crippen LogP contribution in [0.1, 0.15) is 33.1 Å². The summed E-state index contributed by atoms with van der Waals surface area (Å²) in [6.07, 6.45) is 2.75. The molecule has 1 aliphatic heterocycles. The van der Waals surface area contributed by atoms with Crippen LogP contribution in [0.2, 0.25) is 0 Å². The van der Waals surface area contributed by atoms with Gasteiger partial charge >= 0.3 is 6.09 Å². The maximum absolute atomic E-state index is 10.6. The SMILES string of the molecule is CC.CN(CC1CCCCN1C)C(=O)O. The summed E-state index contributed by atoms with van der Waals surface area (Å²) in [5.41, 5.74) is 0. The Labute approximate surface area is 92.9 Å². The lowest BCUT2D eigenvalue weighted by atomic mass is 10.0. The zero-order valence-electron chi connectivity index (χ0n) is 10.4. The molecule has 4 heteroatoms. The van der Waals surface area contributed by atoms with Gasteiger partial charge in [0.2, 0.25) is 0 Å². The molecule has 4 nitrogen and oxygen atoms in total. The van der Waals surface area contributed by atoms with Crippen molar-refractivity contribution >= 4 is 6.09 Å². The van der Waals surface area contributed by atoms with Crippen LogP contribution in [-0.2, 0) is 0 Å². The zero-order chi connectivity index (χ0) is 11.8. The van der Waals surface area contributed by atoms with E-state index in [1.54, 1.807) is 7.05 Å². The number of carbonyl (C=O) groups is 1. The van der Waals surface area contributed by atoms with Crippen LogP contribution in [0.4, 0.5) is 4.79 Å². The summed E-state index contributed by atoms with van der Waals surface area (Å²) in [4.78, 5) is 14.2. The van der Waals surface area contributed by atoms with Gasteiger partial charge in [0.05, 0.1) is 0 Å². The van der Waals surface area contributed by atoms with Crippen LogP contribution < -0.4 is 0 Å². The van der Waals surface area contributed by atoms with Gasteiger partial charge in [-0.3, -0.25) is 0 Å². The van der Waals surface area contributed by atoms with Gasteiger partial charge in [0.1, 0.15) is 0 Å². The number of likely N-dealkylation sites (N-methyl/N-ethyl adjacent to an activating group) is 2. The molecule has 1 saturated heterocycles. The molecule has 15 heavy (non-hydrogen) atoms. The van der Waals surface area contributed by atoms with Crippen molar-refractivity contribution in [3.63, 3.8) is 0 Å². The summed E-state index contributed by atoms with van der Waals surface area (Å²) < 4.78 is 0. The highest BCUT2D eigenvalue weighted by molar-refractivity contribution is 5.64. The number of piperidine rings is 1. The van der Waals surface area contributed by atoms with E-state index in [1.807, 2.05) is 13.8 Å². The minimum atomic E-state index is -0.834. The standard InChI is InChI=1S/C9H18N2O2.C2H6/c1-10-6-4-3-5-8(10)7-11(2)9(12)13;1-2/h8H,3-7H2,1-2H3,(H,12,13);1-2H3. The van der Waals surface area contributed by atoms with Gasteiger partial charge in [-0.25, -0.2) is 4.79 Å². The predicted octanol–water partition coefficient (Wildman–Crippen LogP) is 2.11. The largest absolute Gasteiger partial charge is 0.465 e. The number of hydrogen-bond donors (Lipinski definition) is 1. The molecular formula is C11H24N2O2. The summed E-state index contributed by atoms with van der Waals surface area (Å²) >= 11 is 0. The highest BCUT2D eigenvalue weighted by Crippen LogP contribution is 2.15. The second kappa shape index (κ2) is 7.51. The van der Waals surface area contributed by atoms with Gasteiger partial charge in [-0.15, -0.1) is 0 Å². The molecule has 0 spiro atoms. The lowest BCUT2D eigenvalue weighted by molar-refractivity contribution is 0.119. The van der Waals surface area contributed by atoms with Crippen molar-refractivity contribution in [2.24, 2.45) is 0 Å². The number of carboxylic acid groups (broad SMARTS) is 1. The summed E-state index contributed by atoms with van der Waals surface area (Å²) in [5, 5.41) is 8.71. The normalized spacial score (nSPS) is 21.5. The van der Waals surface area contributed by atoms with E-state index in [4.69, 9.17) is 5.11 Å². The molecule has 0 aromatic rings. The van der Waals surface area contributed by atoms with Crippen LogP contribution in [0.3, 0.4) is 0 Å². The maximum Gasteiger partial charge on any atom is 0.407 e. The van der Waals surface area contributed by atoms with Crippen LogP contribution in [0.5, 0.6) is 0 Å². The molecule has 0 aliphatic carbocycles. The number of hydrogen-bond acceptors (Lipinski definition) is 2. The minimum Gasteiger partial charge on any atom is -0.465 e. The van der Waals surface area contributed by atoms with Gasteiger partial charge in [-0.1, -0.05) is 20.3 Å². The van der Waals surface area contributed by atoms with Crippen LogP contribution >= 0.6 is 0 Å². The maximum atomic E-state index is 10.6. The van der Waals surface area contributed by atoms with Gasteiger partial charge in [0, 0.05) is 19.6 Å². The number of amides is 1. The fourth-order valence-electron chi connectivity index (χ4n) is 1.77. The zero-order valence-corrected chi connectivity index (χ0v) is 10.4. The summed E-state index contributed by atoms with van der Waals surface area (Å²) in [6, 6.07) is 0.412. The Morgan fingerprint density at radius 1 is 1.47 bits per heavy atom. The van der Waals surface area contributed by atoms with Crippen molar-refractivity contribution in [1.82, 2.24) is 9.80 Å². The van der Waals surface area contributed by atoms with Gasteiger partial charge < -0.3 is 14.9 Å². The molecule has 1 atom stereocenters. The van der Waals surface area contributed by atoms with Crippen molar-refractivity contribution in [3.8, 4) is 0 Å². The fourth-order valence-corrected chi connectivity index (χ4v) is 1.77. The lowest BCUT2D eigenvalue weighted by Gasteiger charge is -2.34. The Kier molecular flexibility index (Phi) is 7.13. The Balaban J connectivity index is 0.000000921. The van der Waals surface area contributed by atoms with E-state index >= 15 is 0 Å². The molecule has 1 amide bonds. The third kappa shape index (κ3) is 5.02. The van der Waals surface area contributed by atoms with Crippen LogP contribution in [-0.4, -0.2) is 54.2 Å². The molecule has 1 aliphatic rings. The van der Waals surface area contributed by atoms with E-state index in [9.17, 15) is 4.79 Å². The van der Waals surface area contributed by atoms with E-state index in [1.165, 1.54) is 17.7 Å². The van der Waals surface area contributed by atoms with Crippen molar-refractivity contribution < 1.29 is 9.90 Å². The Hall–Kier alpha value is -0.770. The van der Waals surface area contributed by atoms with Gasteiger partial charge in [0.15, 0.2) is 0 Å². The third-order valence-electron chi connectivity index (χ3n) is 2.73. The molecule has 0 aromatic carbocycles. The Bertz CT molecular complexity index is 185. The summed E-state index contributed by atoms with van der Waals surface area (Å²) in [6.45, 7) is 5.73. The third-order valence-corrected chi connectivity index (χ3v) is 2.73. The molecule has 1 N–H and O–H groups in total. The smallest absolute Gasteiger partial charge is 0.407 e. The summed E-state index contributed by atoms with van der Waals surface area (Å²) in [5.74, 6) is 0. The first-order valence-corrected chi connectivity index (χ1v) is 5.75. The first-order valence-electron chi connectivity index (χ1n) is 5.75. The minimum absolute atomic E-state index is 0.412. The van der Waals surface area contributed by atoms with Crippen molar-refractivity contribution in [1.29, 1.82) is 0 Å². The molecule has 1 fully saturated rings. The molecule has 0 bridgehead atoms. The second-order valence-corrected chi connectivity index (χ2v) is 3.79. The molecule has 0 saturated carbocycles. The summed E-state index contributed by atoms with van der Waals surface area (Å²) in [7, 11) is 3.70. The van der Waals surface area contributed by atoms with E-state index in [0.29, 0.717) is 12.6 Å². The fraction of sp³-hybridized carbons (Fsp3) is 0.909. The number of nitrogens with zero attached hydrogens (tertiary/aromatic N) is 2. The van der Waals surface area contributed by atoms with E-state index in [0.717, 1.165) is 13.0 Å². The molecule has 1 heterocycles. The highest BCUT2D eigenvalue weighted by atomic mass is 16.4. The molecule has 0 radical (unpaired) electrons. The molecular weight excluding hydrogens is 192 g/mol. The first-order chi connectivity index (χ1) is 7.11. The van der Waals surface area contributed by atoms with Crippen molar-refractivity contribution in [3.05, 3.63) is 0 Å². The number of rotatable bonds is 2. The number of likely N-dealkylation sites (tertiary alicyclic amines) is 1. The van der Waals surface area contributed by atoms with Gasteiger partial charge in [0.25, 0.3) is 0 Å². The topological polar surface area (TPSA) is 43.8 Å². The van der Waals surface area contributed by atoms with Crippen molar-refractivity contribution in [2.45, 2.75) is 39.2 Å². The molecule has 1 unspecified atom stereocenters. The quantitative estimate of drug-likeness (QED) is 0.769. The molecule has 90 valence electrons. The van der Waals surface area contributed by atoms with E-state index in [2.05, 4.69) is 11.9 Å². The Morgan fingerprint density at radius 3 is 2.53 bits per heavy atom. The highest BCUT2D eigenvalue weighted by Gasteiger charge is 2.21. The average Bonchev–Trinajstić information content (AvgIpc) is 2.24. The van der Waals surface area contributed by atoms with E-state index in [-0.39, 0.29) is 0 Å².